The fourth-order valence-corrected chi connectivity index (χ4v) is 2.49. The van der Waals surface area contributed by atoms with Crippen LogP contribution in [0.5, 0.6) is 0 Å². The highest BCUT2D eigenvalue weighted by Crippen LogP contribution is 2.44. The van der Waals surface area contributed by atoms with E-state index in [1.165, 1.54) is 0 Å². The Morgan fingerprint density at radius 1 is 1.06 bits per heavy atom. The molecule has 92 valence electrons. The van der Waals surface area contributed by atoms with Crippen LogP contribution in [0.3, 0.4) is 0 Å². The fourth-order valence-electron chi connectivity index (χ4n) is 2.49. The molecule has 3 rings (SSSR count). The number of fused-ring (bicyclic) bond motifs is 1. The molecule has 0 radical (unpaired) electrons. The van der Waals surface area contributed by atoms with E-state index >= 15 is 0 Å². The molecule has 17 heavy (non-hydrogen) atoms. The van der Waals surface area contributed by atoms with Crippen LogP contribution in [-0.4, -0.2) is 29.4 Å². The summed E-state index contributed by atoms with van der Waals surface area (Å²) in [7, 11) is 0. The van der Waals surface area contributed by atoms with Crippen molar-refractivity contribution >= 4 is 0 Å². The smallest absolute Gasteiger partial charge is 0.184 e. The lowest BCUT2D eigenvalue weighted by Gasteiger charge is -2.22. The van der Waals surface area contributed by atoms with Crippen LogP contribution in [0.15, 0.2) is 30.3 Å². The van der Waals surface area contributed by atoms with E-state index in [9.17, 15) is 5.11 Å². The molecule has 2 saturated heterocycles. The van der Waals surface area contributed by atoms with Gasteiger partial charge >= 0.3 is 0 Å². The molecule has 0 spiro atoms. The summed E-state index contributed by atoms with van der Waals surface area (Å²) >= 11 is 0. The highest BCUT2D eigenvalue weighted by atomic mass is 16.8. The van der Waals surface area contributed by atoms with Gasteiger partial charge in [-0.3, -0.25) is 0 Å². The van der Waals surface area contributed by atoms with Crippen LogP contribution in [0, 0.1) is 0 Å². The highest BCUT2D eigenvalue weighted by molar-refractivity contribution is 5.21. The molecule has 1 aromatic carbocycles. The van der Waals surface area contributed by atoms with Gasteiger partial charge < -0.3 is 19.3 Å². The van der Waals surface area contributed by atoms with Gasteiger partial charge in [0.2, 0.25) is 0 Å². The quantitative estimate of drug-likeness (QED) is 0.804. The Labute approximate surface area is 100 Å². The predicted molar refractivity (Wildman–Crippen MR) is 60.1 cm³/mol. The van der Waals surface area contributed by atoms with Gasteiger partial charge in [0.05, 0.1) is 0 Å². The molecule has 1 N–H and O–H groups in total. The highest BCUT2D eigenvalue weighted by Gasteiger charge is 2.55. The number of ether oxygens (including phenoxy) is 3. The Kier molecular flexibility index (Phi) is 2.48. The van der Waals surface area contributed by atoms with Gasteiger partial charge in [0.1, 0.15) is 18.3 Å². The van der Waals surface area contributed by atoms with Crippen molar-refractivity contribution in [3.63, 3.8) is 0 Å². The maximum absolute atomic E-state index is 9.84. The van der Waals surface area contributed by atoms with Gasteiger partial charge in [-0.15, -0.1) is 0 Å². The number of rotatable bonds is 1. The van der Waals surface area contributed by atoms with Crippen LogP contribution < -0.4 is 0 Å². The first-order valence-corrected chi connectivity index (χ1v) is 5.81. The first-order chi connectivity index (χ1) is 8.07. The molecule has 2 unspecified atom stereocenters. The van der Waals surface area contributed by atoms with Crippen LogP contribution in [0.1, 0.15) is 25.5 Å². The van der Waals surface area contributed by atoms with Gasteiger partial charge in [0.25, 0.3) is 0 Å². The number of hydrogen-bond acceptors (Lipinski definition) is 4. The first-order valence-electron chi connectivity index (χ1n) is 5.81. The maximum Gasteiger partial charge on any atom is 0.184 e. The van der Waals surface area contributed by atoms with Gasteiger partial charge in [0.15, 0.2) is 12.1 Å². The lowest BCUT2D eigenvalue weighted by molar-refractivity contribution is -0.221. The summed E-state index contributed by atoms with van der Waals surface area (Å²) in [6.45, 7) is 3.69. The van der Waals surface area contributed by atoms with Gasteiger partial charge in [-0.25, -0.2) is 0 Å². The Hall–Kier alpha value is -0.940. The molecule has 4 nitrogen and oxygen atoms in total. The van der Waals surface area contributed by atoms with Crippen molar-refractivity contribution in [2.45, 2.75) is 44.2 Å². The van der Waals surface area contributed by atoms with Crippen molar-refractivity contribution in [2.75, 3.05) is 0 Å². The van der Waals surface area contributed by atoms with Crippen molar-refractivity contribution < 1.29 is 19.3 Å². The summed E-state index contributed by atoms with van der Waals surface area (Å²) in [5, 5.41) is 9.84. The molecule has 4 heteroatoms. The molecule has 0 aromatic heterocycles. The molecule has 0 saturated carbocycles. The molecule has 0 aliphatic carbocycles. The summed E-state index contributed by atoms with van der Waals surface area (Å²) in [5.74, 6) is -0.660. The SMILES string of the molecule is CC1(C)O[C@H]2C(O)OC(c3ccccc3)[C@@H]2O1. The summed E-state index contributed by atoms with van der Waals surface area (Å²) < 4.78 is 17.0. The predicted octanol–water partition coefficient (Wildman–Crippen LogP) is 1.60. The number of hydrogen-bond donors (Lipinski definition) is 1. The molecular weight excluding hydrogens is 220 g/mol. The molecule has 2 aliphatic rings. The van der Waals surface area contributed by atoms with Crippen molar-refractivity contribution in [3.8, 4) is 0 Å². The second-order valence-electron chi connectivity index (χ2n) is 4.92. The standard InChI is InChI=1S/C13H16O4/c1-13(2)16-10-9(8-6-4-3-5-7-8)15-12(14)11(10)17-13/h3-7,9-12,14H,1-2H3/t9?,10-,11+,12?/m0/s1. The van der Waals surface area contributed by atoms with Crippen LogP contribution in [0.4, 0.5) is 0 Å². The summed E-state index contributed by atoms with van der Waals surface area (Å²) in [6, 6.07) is 9.77. The minimum Gasteiger partial charge on any atom is -0.366 e. The van der Waals surface area contributed by atoms with E-state index in [4.69, 9.17) is 14.2 Å². The average molecular weight is 236 g/mol. The van der Waals surface area contributed by atoms with E-state index in [0.717, 1.165) is 5.56 Å². The molecule has 4 atom stereocenters. The Bertz CT molecular complexity index is 403. The van der Waals surface area contributed by atoms with E-state index in [0.29, 0.717) is 0 Å². The monoisotopic (exact) mass is 236 g/mol. The third kappa shape index (κ3) is 1.87. The molecule has 2 heterocycles. The average Bonchev–Trinajstić information content (AvgIpc) is 2.76. The normalized spacial score (nSPS) is 39.2. The topological polar surface area (TPSA) is 47.9 Å². The minimum absolute atomic E-state index is 0.248. The van der Waals surface area contributed by atoms with Gasteiger partial charge in [-0.05, 0) is 19.4 Å². The van der Waals surface area contributed by atoms with Crippen LogP contribution >= 0.6 is 0 Å². The molecule has 0 amide bonds. The second kappa shape index (κ2) is 3.78. The fraction of sp³-hybridized carbons (Fsp3) is 0.538. The van der Waals surface area contributed by atoms with Gasteiger partial charge in [-0.1, -0.05) is 30.3 Å². The first kappa shape index (κ1) is 11.2. The number of aliphatic hydroxyl groups excluding tert-OH is 1. The van der Waals surface area contributed by atoms with E-state index in [-0.39, 0.29) is 12.2 Å². The molecular formula is C13H16O4. The molecule has 1 aromatic rings. The zero-order valence-corrected chi connectivity index (χ0v) is 9.87. The Balaban J connectivity index is 1.89. The zero-order chi connectivity index (χ0) is 12.0. The summed E-state index contributed by atoms with van der Waals surface area (Å²) in [5.41, 5.74) is 1.00. The summed E-state index contributed by atoms with van der Waals surface area (Å²) in [4.78, 5) is 0. The summed E-state index contributed by atoms with van der Waals surface area (Å²) in [6.07, 6.45) is -1.84. The van der Waals surface area contributed by atoms with Crippen LogP contribution in [0.25, 0.3) is 0 Å². The van der Waals surface area contributed by atoms with Gasteiger partial charge in [-0.2, -0.15) is 0 Å². The number of benzene rings is 1. The van der Waals surface area contributed by atoms with Gasteiger partial charge in [0, 0.05) is 0 Å². The Morgan fingerprint density at radius 3 is 2.41 bits per heavy atom. The Morgan fingerprint density at radius 2 is 1.71 bits per heavy atom. The van der Waals surface area contributed by atoms with E-state index in [1.807, 2.05) is 44.2 Å². The molecule has 0 bridgehead atoms. The largest absolute Gasteiger partial charge is 0.366 e. The van der Waals surface area contributed by atoms with Crippen LogP contribution in [0.2, 0.25) is 0 Å². The van der Waals surface area contributed by atoms with E-state index in [1.54, 1.807) is 0 Å². The third-order valence-corrected chi connectivity index (χ3v) is 3.16. The second-order valence-corrected chi connectivity index (χ2v) is 4.92. The maximum atomic E-state index is 9.84. The lowest BCUT2D eigenvalue weighted by atomic mass is 10.0. The van der Waals surface area contributed by atoms with E-state index < -0.39 is 18.2 Å². The van der Waals surface area contributed by atoms with Crippen molar-refractivity contribution in [2.24, 2.45) is 0 Å². The van der Waals surface area contributed by atoms with Crippen molar-refractivity contribution in [3.05, 3.63) is 35.9 Å². The molecule has 2 aliphatic heterocycles. The van der Waals surface area contributed by atoms with Crippen molar-refractivity contribution in [1.82, 2.24) is 0 Å². The van der Waals surface area contributed by atoms with E-state index in [2.05, 4.69) is 0 Å². The zero-order valence-electron chi connectivity index (χ0n) is 9.87. The third-order valence-electron chi connectivity index (χ3n) is 3.16. The van der Waals surface area contributed by atoms with Crippen molar-refractivity contribution in [1.29, 1.82) is 0 Å². The van der Waals surface area contributed by atoms with Crippen LogP contribution in [-0.2, 0) is 14.2 Å². The number of aliphatic hydroxyl groups is 1. The molecule has 2 fully saturated rings. The lowest BCUT2D eigenvalue weighted by Crippen LogP contribution is -2.29. The minimum atomic E-state index is -0.924.